The highest BCUT2D eigenvalue weighted by molar-refractivity contribution is 5.96. The van der Waals surface area contributed by atoms with Gasteiger partial charge >= 0.3 is 5.97 Å². The molecule has 1 aromatic carbocycles. The second-order valence-electron chi connectivity index (χ2n) is 11.3. The molecule has 1 aliphatic carbocycles. The summed E-state index contributed by atoms with van der Waals surface area (Å²) in [7, 11) is 1.29. The van der Waals surface area contributed by atoms with Gasteiger partial charge in [-0.2, -0.15) is 0 Å². The van der Waals surface area contributed by atoms with Crippen LogP contribution in [-0.4, -0.2) is 85.5 Å². The number of halogens is 1. The molecule has 3 N–H and O–H groups in total. The van der Waals surface area contributed by atoms with Gasteiger partial charge in [0.2, 0.25) is 5.88 Å². The van der Waals surface area contributed by atoms with Crippen LogP contribution in [0.2, 0.25) is 0 Å². The molecular weight excluding hydrogens is 585 g/mol. The molecule has 1 spiro atoms. The van der Waals surface area contributed by atoms with E-state index in [1.807, 2.05) is 25.1 Å². The molecule has 6 rings (SSSR count). The number of rotatable bonds is 9. The number of carboxylic acid groups (broad SMARTS) is 1. The first-order valence-corrected chi connectivity index (χ1v) is 14.8. The molecule has 0 unspecified atom stereocenters. The highest BCUT2D eigenvalue weighted by atomic mass is 19.1. The van der Waals surface area contributed by atoms with E-state index >= 15 is 0 Å². The summed E-state index contributed by atoms with van der Waals surface area (Å²) in [6.07, 6.45) is 4.03. The Balaban J connectivity index is 0.00000128. The maximum atomic E-state index is 13.8. The predicted octanol–water partition coefficient (Wildman–Crippen LogP) is 3.31. The Labute approximate surface area is 259 Å². The zero-order valence-corrected chi connectivity index (χ0v) is 25.1. The maximum Gasteiger partial charge on any atom is 0.340 e. The molecule has 45 heavy (non-hydrogen) atoms. The van der Waals surface area contributed by atoms with Gasteiger partial charge in [0.25, 0.3) is 12.4 Å². The second kappa shape index (κ2) is 13.9. The van der Waals surface area contributed by atoms with Crippen molar-refractivity contribution in [3.63, 3.8) is 0 Å². The molecule has 0 bridgehead atoms. The second-order valence-corrected chi connectivity index (χ2v) is 11.3. The number of carbonyl (C=O) groups is 3. The van der Waals surface area contributed by atoms with Gasteiger partial charge in [-0.1, -0.05) is 0 Å². The zero-order valence-electron chi connectivity index (χ0n) is 25.1. The third-order valence-corrected chi connectivity index (χ3v) is 8.17. The summed E-state index contributed by atoms with van der Waals surface area (Å²) in [4.78, 5) is 45.1. The van der Waals surface area contributed by atoms with Crippen molar-refractivity contribution >= 4 is 24.0 Å². The summed E-state index contributed by atoms with van der Waals surface area (Å²) in [5, 5.41) is 13.2. The number of ether oxygens (including phenoxy) is 3. The number of methoxy groups -OCH3 is 1. The summed E-state index contributed by atoms with van der Waals surface area (Å²) in [6, 6.07) is 11.5. The van der Waals surface area contributed by atoms with Crippen LogP contribution in [0, 0.1) is 11.2 Å². The molecule has 4 heterocycles. The molecule has 1 amide bonds. The van der Waals surface area contributed by atoms with Gasteiger partial charge in [0, 0.05) is 37.3 Å². The van der Waals surface area contributed by atoms with E-state index in [1.165, 1.54) is 19.2 Å². The lowest BCUT2D eigenvalue weighted by atomic mass is 9.61. The third-order valence-electron chi connectivity index (χ3n) is 8.17. The van der Waals surface area contributed by atoms with Crippen LogP contribution in [0.1, 0.15) is 47.0 Å². The van der Waals surface area contributed by atoms with Crippen molar-refractivity contribution in [2.45, 2.75) is 38.3 Å². The fourth-order valence-corrected chi connectivity index (χ4v) is 6.14. The first-order chi connectivity index (χ1) is 21.8. The van der Waals surface area contributed by atoms with Crippen LogP contribution in [-0.2, 0) is 9.53 Å². The summed E-state index contributed by atoms with van der Waals surface area (Å²) < 4.78 is 30.7. The fraction of sp³-hybridized carbons (Fsp3) is 0.406. The zero-order chi connectivity index (χ0) is 32.0. The van der Waals surface area contributed by atoms with Gasteiger partial charge in [-0.25, -0.2) is 19.2 Å². The number of hydrogen-bond acceptors (Lipinski definition) is 10. The van der Waals surface area contributed by atoms with E-state index < -0.39 is 11.8 Å². The van der Waals surface area contributed by atoms with Crippen LogP contribution in [0.25, 0.3) is 11.3 Å². The molecule has 3 aliphatic rings. The normalized spacial score (nSPS) is 18.1. The maximum absolute atomic E-state index is 13.8. The van der Waals surface area contributed by atoms with Crippen LogP contribution < -0.4 is 25.0 Å². The molecule has 1 atom stereocenters. The molecular formula is C32H36FN5O7. The molecule has 13 heteroatoms. The summed E-state index contributed by atoms with van der Waals surface area (Å²) in [5.74, 6) is -0.424. The van der Waals surface area contributed by atoms with Gasteiger partial charge in [0.1, 0.15) is 11.9 Å². The van der Waals surface area contributed by atoms with E-state index in [2.05, 4.69) is 20.5 Å². The number of nitrogens with one attached hydrogen (secondary N) is 2. The van der Waals surface area contributed by atoms with E-state index in [4.69, 9.17) is 29.1 Å². The van der Waals surface area contributed by atoms with Crippen molar-refractivity contribution in [3.8, 4) is 22.9 Å². The minimum Gasteiger partial charge on any atom is -0.488 e. The average Bonchev–Trinajstić information content (AvgIpc) is 3.51. The Bertz CT molecular complexity index is 1530. The lowest BCUT2D eigenvalue weighted by Crippen LogP contribution is -2.65. The van der Waals surface area contributed by atoms with Crippen LogP contribution in [0.4, 0.5) is 10.1 Å². The van der Waals surface area contributed by atoms with Crippen molar-refractivity contribution in [1.29, 1.82) is 0 Å². The first-order valence-electron chi connectivity index (χ1n) is 14.8. The summed E-state index contributed by atoms with van der Waals surface area (Å²) in [6.45, 7) is 5.12. The molecule has 0 radical (unpaired) electrons. The van der Waals surface area contributed by atoms with Crippen LogP contribution in [0.5, 0.6) is 11.6 Å². The molecule has 238 valence electrons. The molecule has 3 aromatic rings. The van der Waals surface area contributed by atoms with E-state index in [0.29, 0.717) is 41.7 Å². The highest BCUT2D eigenvalue weighted by Crippen LogP contribution is 2.51. The Hall–Kier alpha value is -4.78. The van der Waals surface area contributed by atoms with Gasteiger partial charge in [0.15, 0.2) is 11.4 Å². The number of pyridine rings is 2. The van der Waals surface area contributed by atoms with Gasteiger partial charge in [-0.05, 0) is 75.2 Å². The lowest BCUT2D eigenvalue weighted by molar-refractivity contribution is -0.122. The average molecular weight is 622 g/mol. The van der Waals surface area contributed by atoms with Crippen molar-refractivity contribution in [3.05, 3.63) is 65.7 Å². The molecule has 3 fully saturated rings. The van der Waals surface area contributed by atoms with E-state index in [1.54, 1.807) is 18.3 Å². The number of benzene rings is 1. The molecule has 2 aromatic heterocycles. The van der Waals surface area contributed by atoms with Crippen molar-refractivity contribution in [2.75, 3.05) is 44.8 Å². The first kappa shape index (κ1) is 31.6. The minimum atomic E-state index is -0.560. The predicted molar refractivity (Wildman–Crippen MR) is 162 cm³/mol. The standard InChI is InChI=1S/C31H34FN5O5.CH2O2/c1-3-41-29-22(5-4-11-34-29)24-7-9-26(27(36-24)28(38)35-20-10-12-33-16-20)42-21-14-31(15-21)17-37(18-31)25-8-6-19(32)13-23(25)30(39)40-2;2-1-3/h4-9,11,13,20-21,33H,3,10,12,14-18H2,1-2H3,(H,35,38);1H,(H,2,3)/t20-;/m1./s1. The number of carbonyl (C=O) groups excluding carboxylic acids is 2. The van der Waals surface area contributed by atoms with E-state index in [9.17, 15) is 14.0 Å². The molecule has 1 saturated carbocycles. The van der Waals surface area contributed by atoms with Gasteiger partial charge in [0.05, 0.1) is 36.2 Å². The number of amides is 1. The summed E-state index contributed by atoms with van der Waals surface area (Å²) in [5.41, 5.74) is 2.44. The Morgan fingerprint density at radius 1 is 1.22 bits per heavy atom. The Morgan fingerprint density at radius 2 is 2.00 bits per heavy atom. The van der Waals surface area contributed by atoms with E-state index in [0.717, 1.165) is 38.9 Å². The van der Waals surface area contributed by atoms with Crippen molar-refractivity contribution < 1.29 is 38.1 Å². The van der Waals surface area contributed by atoms with E-state index in [-0.39, 0.29) is 41.2 Å². The van der Waals surface area contributed by atoms with Crippen LogP contribution >= 0.6 is 0 Å². The molecule has 2 saturated heterocycles. The Kier molecular flexibility index (Phi) is 9.77. The van der Waals surface area contributed by atoms with Crippen LogP contribution in [0.15, 0.2) is 48.7 Å². The smallest absolute Gasteiger partial charge is 0.340 e. The highest BCUT2D eigenvalue weighted by Gasteiger charge is 2.54. The topological polar surface area (TPSA) is 152 Å². The fourth-order valence-electron chi connectivity index (χ4n) is 6.14. The van der Waals surface area contributed by atoms with Gasteiger partial charge in [-0.15, -0.1) is 0 Å². The number of esters is 1. The monoisotopic (exact) mass is 621 g/mol. The SMILES string of the molecule is CCOc1ncccc1-c1ccc(OC2CC3(C2)CN(c2ccc(F)cc2C(=O)OC)C3)c(C(=O)N[C@@H]2CCNC2)n1.O=CO. The van der Waals surface area contributed by atoms with Gasteiger partial charge in [-0.3, -0.25) is 9.59 Å². The largest absolute Gasteiger partial charge is 0.488 e. The lowest BCUT2D eigenvalue weighted by Gasteiger charge is -2.59. The van der Waals surface area contributed by atoms with Crippen LogP contribution in [0.3, 0.4) is 0 Å². The number of hydrogen-bond donors (Lipinski definition) is 3. The number of nitrogens with zero attached hydrogens (tertiary/aromatic N) is 3. The number of aromatic nitrogens is 2. The molecule has 2 aliphatic heterocycles. The van der Waals surface area contributed by atoms with Gasteiger partial charge < -0.3 is 34.9 Å². The number of anilines is 1. The Morgan fingerprint density at radius 3 is 2.69 bits per heavy atom. The summed E-state index contributed by atoms with van der Waals surface area (Å²) >= 11 is 0. The quantitative estimate of drug-likeness (QED) is 0.238. The minimum absolute atomic E-state index is 0.0301. The molecule has 12 nitrogen and oxygen atoms in total. The third kappa shape index (κ3) is 6.98. The van der Waals surface area contributed by atoms with Crippen molar-refractivity contribution in [1.82, 2.24) is 20.6 Å². The van der Waals surface area contributed by atoms with Crippen molar-refractivity contribution in [2.24, 2.45) is 5.41 Å².